The molecule has 3 aromatic carbocycles. The van der Waals surface area contributed by atoms with Crippen LogP contribution in [0.15, 0.2) is 72.9 Å². The molecule has 1 heterocycles. The topological polar surface area (TPSA) is 74.8 Å². The highest BCUT2D eigenvalue weighted by molar-refractivity contribution is 5.87. The third-order valence-corrected chi connectivity index (χ3v) is 7.29. The van der Waals surface area contributed by atoms with Crippen LogP contribution in [0.1, 0.15) is 40.3 Å². The average Bonchev–Trinajstić information content (AvgIpc) is 3.54. The highest BCUT2D eigenvalue weighted by atomic mass is 16.5. The number of aromatic hydroxyl groups is 1. The van der Waals surface area contributed by atoms with Crippen molar-refractivity contribution < 1.29 is 19.4 Å². The summed E-state index contributed by atoms with van der Waals surface area (Å²) in [5.74, 6) is 0.325. The van der Waals surface area contributed by atoms with Gasteiger partial charge < -0.3 is 19.6 Å². The highest BCUT2D eigenvalue weighted by Gasteiger charge is 2.29. The van der Waals surface area contributed by atoms with Crippen molar-refractivity contribution in [3.8, 4) is 11.5 Å². The molecule has 5 rings (SSSR count). The van der Waals surface area contributed by atoms with E-state index in [1.165, 1.54) is 35.3 Å². The van der Waals surface area contributed by atoms with Crippen LogP contribution in [-0.4, -0.2) is 41.7 Å². The summed E-state index contributed by atoms with van der Waals surface area (Å²) >= 11 is 0. The fourth-order valence-electron chi connectivity index (χ4n) is 5.36. The largest absolute Gasteiger partial charge is 0.504 e. The van der Waals surface area contributed by atoms with Crippen molar-refractivity contribution in [2.45, 2.75) is 31.8 Å². The van der Waals surface area contributed by atoms with E-state index in [1.807, 2.05) is 18.2 Å². The Hall–Kier alpha value is -4.03. The van der Waals surface area contributed by atoms with Gasteiger partial charge in [-0.2, -0.15) is 0 Å². The highest BCUT2D eigenvalue weighted by Crippen LogP contribution is 2.39. The van der Waals surface area contributed by atoms with Crippen molar-refractivity contribution >= 4 is 22.9 Å². The molecule has 2 N–H and O–H groups in total. The van der Waals surface area contributed by atoms with Crippen molar-refractivity contribution in [3.05, 3.63) is 101 Å². The predicted octanol–water partition coefficient (Wildman–Crippen LogP) is 5.80. The number of ether oxygens (including phenoxy) is 2. The number of benzene rings is 3. The van der Waals surface area contributed by atoms with Crippen LogP contribution in [0.2, 0.25) is 0 Å². The number of methoxy groups -OCH3 is 2. The van der Waals surface area contributed by atoms with Gasteiger partial charge in [0.15, 0.2) is 11.5 Å². The van der Waals surface area contributed by atoms with Crippen LogP contribution >= 0.6 is 0 Å². The molecule has 6 nitrogen and oxygen atoms in total. The smallest absolute Gasteiger partial charge is 0.330 e. The van der Waals surface area contributed by atoms with Crippen molar-refractivity contribution in [1.82, 2.24) is 9.88 Å². The molecule has 37 heavy (non-hydrogen) atoms. The standard InChI is InChI=1S/C31H32N2O4/c1-36-29-9-5-6-24(31(29)35)20-33(17-16-23-19-32-27-8-4-3-7-25(23)27)28-14-12-22-18-21(10-13-26(22)28)11-15-30(34)37-2/h3-11,13,15,18-19,28,32,35H,12,14,16-17,20H2,1-2H3. The second kappa shape index (κ2) is 10.9. The van der Waals surface area contributed by atoms with Gasteiger partial charge >= 0.3 is 5.97 Å². The number of esters is 1. The van der Waals surface area contributed by atoms with Gasteiger partial charge in [0, 0.05) is 47.9 Å². The zero-order valence-electron chi connectivity index (χ0n) is 21.2. The second-order valence-corrected chi connectivity index (χ2v) is 9.42. The van der Waals surface area contributed by atoms with Gasteiger partial charge in [0.05, 0.1) is 14.2 Å². The number of aryl methyl sites for hydroxylation is 1. The molecule has 0 fully saturated rings. The number of aromatic amines is 1. The van der Waals surface area contributed by atoms with Gasteiger partial charge in [-0.15, -0.1) is 0 Å². The summed E-state index contributed by atoms with van der Waals surface area (Å²) in [6.07, 6.45) is 8.20. The molecule has 0 saturated carbocycles. The summed E-state index contributed by atoms with van der Waals surface area (Å²) in [6, 6.07) is 20.7. The lowest BCUT2D eigenvalue weighted by Crippen LogP contribution is -2.29. The van der Waals surface area contributed by atoms with E-state index >= 15 is 0 Å². The van der Waals surface area contributed by atoms with Gasteiger partial charge in [-0.3, -0.25) is 4.90 Å². The normalized spacial score (nSPS) is 14.9. The molecule has 6 heteroatoms. The Balaban J connectivity index is 1.43. The minimum absolute atomic E-state index is 0.198. The lowest BCUT2D eigenvalue weighted by atomic mass is 10.0. The Bertz CT molecular complexity index is 1440. The number of nitrogens with one attached hydrogen (secondary N) is 1. The van der Waals surface area contributed by atoms with E-state index in [9.17, 15) is 9.90 Å². The van der Waals surface area contributed by atoms with Crippen LogP contribution < -0.4 is 4.74 Å². The minimum atomic E-state index is -0.361. The van der Waals surface area contributed by atoms with E-state index in [0.29, 0.717) is 12.3 Å². The molecule has 1 aromatic heterocycles. The van der Waals surface area contributed by atoms with E-state index in [1.54, 1.807) is 19.3 Å². The zero-order valence-corrected chi connectivity index (χ0v) is 21.2. The fraction of sp³-hybridized carbons (Fsp3) is 0.258. The summed E-state index contributed by atoms with van der Waals surface area (Å²) in [7, 11) is 2.96. The van der Waals surface area contributed by atoms with Crippen molar-refractivity contribution in [2.75, 3.05) is 20.8 Å². The van der Waals surface area contributed by atoms with Crippen molar-refractivity contribution in [3.63, 3.8) is 0 Å². The number of phenolic OH excluding ortho intramolecular Hbond substituents is 1. The number of carbonyl (C=O) groups is 1. The van der Waals surface area contributed by atoms with Gasteiger partial charge in [0.25, 0.3) is 0 Å². The number of carbonyl (C=O) groups excluding carboxylic acids is 1. The number of phenols is 1. The summed E-state index contributed by atoms with van der Waals surface area (Å²) < 4.78 is 10.1. The SMILES string of the molecule is COC(=O)C=Cc1ccc2c(c1)CCC2N(CCc1c[nH]c2ccccc12)Cc1cccc(OC)c1O. The lowest BCUT2D eigenvalue weighted by molar-refractivity contribution is -0.134. The van der Waals surface area contributed by atoms with E-state index < -0.39 is 0 Å². The first kappa shape index (κ1) is 24.7. The molecule has 190 valence electrons. The van der Waals surface area contributed by atoms with Gasteiger partial charge in [0.2, 0.25) is 0 Å². The van der Waals surface area contributed by atoms with Crippen LogP contribution in [0.3, 0.4) is 0 Å². The summed E-state index contributed by atoms with van der Waals surface area (Å²) in [6.45, 7) is 1.45. The first-order valence-electron chi connectivity index (χ1n) is 12.6. The Morgan fingerprint density at radius 2 is 1.97 bits per heavy atom. The molecular formula is C31H32N2O4. The number of H-pyrrole nitrogens is 1. The number of hydrogen-bond donors (Lipinski definition) is 2. The number of para-hydroxylation sites is 2. The molecular weight excluding hydrogens is 464 g/mol. The minimum Gasteiger partial charge on any atom is -0.504 e. The molecule has 0 amide bonds. The van der Waals surface area contributed by atoms with E-state index in [4.69, 9.17) is 9.47 Å². The monoisotopic (exact) mass is 496 g/mol. The fourth-order valence-corrected chi connectivity index (χ4v) is 5.36. The predicted molar refractivity (Wildman–Crippen MR) is 146 cm³/mol. The zero-order chi connectivity index (χ0) is 25.8. The van der Waals surface area contributed by atoms with E-state index in [-0.39, 0.29) is 17.8 Å². The lowest BCUT2D eigenvalue weighted by Gasteiger charge is -2.30. The molecule has 0 spiro atoms. The van der Waals surface area contributed by atoms with Crippen molar-refractivity contribution in [2.24, 2.45) is 0 Å². The maximum absolute atomic E-state index is 11.5. The molecule has 1 aliphatic carbocycles. The van der Waals surface area contributed by atoms with E-state index in [2.05, 4.69) is 52.5 Å². The molecule has 0 radical (unpaired) electrons. The molecule has 0 bridgehead atoms. The van der Waals surface area contributed by atoms with Gasteiger partial charge in [-0.1, -0.05) is 48.5 Å². The van der Waals surface area contributed by atoms with Gasteiger partial charge in [-0.25, -0.2) is 4.79 Å². The molecule has 1 unspecified atom stereocenters. The maximum Gasteiger partial charge on any atom is 0.330 e. The van der Waals surface area contributed by atoms with Gasteiger partial charge in [0.1, 0.15) is 0 Å². The second-order valence-electron chi connectivity index (χ2n) is 9.42. The molecule has 1 atom stereocenters. The summed E-state index contributed by atoms with van der Waals surface area (Å²) in [5.41, 5.74) is 6.87. The van der Waals surface area contributed by atoms with Crippen LogP contribution in [0.25, 0.3) is 17.0 Å². The third-order valence-electron chi connectivity index (χ3n) is 7.29. The molecule has 0 saturated heterocycles. The Morgan fingerprint density at radius 1 is 1.11 bits per heavy atom. The van der Waals surface area contributed by atoms with Gasteiger partial charge in [-0.05, 0) is 59.7 Å². The average molecular weight is 497 g/mol. The van der Waals surface area contributed by atoms with Crippen LogP contribution in [-0.2, 0) is 28.9 Å². The summed E-state index contributed by atoms with van der Waals surface area (Å²) in [4.78, 5) is 17.4. The van der Waals surface area contributed by atoms with Crippen LogP contribution in [0.5, 0.6) is 11.5 Å². The first-order chi connectivity index (χ1) is 18.1. The Labute approximate surface area is 217 Å². The molecule has 4 aromatic rings. The van der Waals surface area contributed by atoms with Crippen molar-refractivity contribution in [1.29, 1.82) is 0 Å². The van der Waals surface area contributed by atoms with E-state index in [0.717, 1.165) is 42.5 Å². The van der Waals surface area contributed by atoms with Crippen LogP contribution in [0.4, 0.5) is 0 Å². The maximum atomic E-state index is 11.5. The quantitative estimate of drug-likeness (QED) is 0.226. The third kappa shape index (κ3) is 5.25. The number of hydrogen-bond acceptors (Lipinski definition) is 5. The molecule has 1 aliphatic rings. The molecule has 0 aliphatic heterocycles. The Kier molecular flexibility index (Phi) is 7.28. The number of fused-ring (bicyclic) bond motifs is 2. The summed E-state index contributed by atoms with van der Waals surface area (Å²) in [5, 5.41) is 12.1. The first-order valence-corrected chi connectivity index (χ1v) is 12.6. The Morgan fingerprint density at radius 3 is 2.81 bits per heavy atom. The number of rotatable bonds is 9. The van der Waals surface area contributed by atoms with Crippen LogP contribution in [0, 0.1) is 0 Å². The number of aromatic nitrogens is 1. The number of nitrogens with zero attached hydrogens (tertiary/aromatic N) is 1.